The van der Waals surface area contributed by atoms with Crippen molar-refractivity contribution in [1.82, 2.24) is 0 Å². The highest BCUT2D eigenvalue weighted by Gasteiger charge is 1.97. The molecule has 3 aromatic rings. The van der Waals surface area contributed by atoms with E-state index in [-0.39, 0.29) is 14.9 Å². The predicted octanol–water partition coefficient (Wildman–Crippen LogP) is 7.32. The minimum absolute atomic E-state index is 0. The van der Waals surface area contributed by atoms with E-state index in [4.69, 9.17) is 0 Å². The minimum atomic E-state index is 0. The van der Waals surface area contributed by atoms with Crippen molar-refractivity contribution in [2.24, 2.45) is 0 Å². The summed E-state index contributed by atoms with van der Waals surface area (Å²) >= 11 is 0. The molecule has 0 saturated heterocycles. The normalized spacial score (nSPS) is 8.20. The van der Waals surface area contributed by atoms with Gasteiger partial charge in [0.15, 0.2) is 0 Å². The number of hydrogen-bond donors (Lipinski definition) is 0. The minimum Gasteiger partial charge on any atom is -0.0776 e. The van der Waals surface area contributed by atoms with E-state index in [1.54, 1.807) is 0 Å². The Hall–Kier alpha value is -1.82. The third-order valence-electron chi connectivity index (χ3n) is 2.65. The van der Waals surface area contributed by atoms with Crippen LogP contribution in [0.2, 0.25) is 0 Å². The van der Waals surface area contributed by atoms with Crippen molar-refractivity contribution in [3.63, 3.8) is 0 Å². The van der Waals surface area contributed by atoms with Crippen LogP contribution in [-0.4, -0.2) is 0 Å². The maximum absolute atomic E-state index is 2.18. The van der Waals surface area contributed by atoms with Crippen molar-refractivity contribution in [3.8, 4) is 0 Å². The first-order valence-electron chi connectivity index (χ1n) is 6.82. The molecule has 0 spiro atoms. The highest BCUT2D eigenvalue weighted by molar-refractivity contribution is 6.07. The van der Waals surface area contributed by atoms with E-state index in [9.17, 15) is 0 Å². The first-order valence-corrected chi connectivity index (χ1v) is 6.82. The van der Waals surface area contributed by atoms with Gasteiger partial charge in [-0.05, 0) is 21.5 Å². The molecule has 3 aromatic carbocycles. The summed E-state index contributed by atoms with van der Waals surface area (Å²) in [6.45, 7) is 8.00. The summed E-state index contributed by atoms with van der Waals surface area (Å²) in [6, 6.07) is 21.4. The molecular weight excluding hydrogens is 240 g/mol. The van der Waals surface area contributed by atoms with E-state index in [0.29, 0.717) is 0 Å². The molecule has 0 N–H and O–H groups in total. The van der Waals surface area contributed by atoms with Gasteiger partial charge in [0.05, 0.1) is 0 Å². The van der Waals surface area contributed by atoms with Crippen molar-refractivity contribution in [2.75, 3.05) is 0 Å². The maximum Gasteiger partial charge on any atom is -0.0105 e. The summed E-state index contributed by atoms with van der Waals surface area (Å²) in [6.07, 6.45) is 0. The Kier molecular flexibility index (Phi) is 11.3. The second-order valence-corrected chi connectivity index (χ2v) is 3.51. The van der Waals surface area contributed by atoms with Crippen LogP contribution >= 0.6 is 0 Å². The van der Waals surface area contributed by atoms with Crippen LogP contribution < -0.4 is 0 Å². The zero-order chi connectivity index (χ0) is 13.4. The Balaban J connectivity index is 0. The molecular formula is C20H30. The average molecular weight is 270 g/mol. The third-order valence-corrected chi connectivity index (χ3v) is 2.65. The van der Waals surface area contributed by atoms with Crippen LogP contribution in [0.3, 0.4) is 0 Å². The number of hydrogen-bond acceptors (Lipinski definition) is 0. The van der Waals surface area contributed by atoms with E-state index in [1.807, 2.05) is 27.7 Å². The van der Waals surface area contributed by atoms with E-state index < -0.39 is 0 Å². The molecule has 0 bridgehead atoms. The molecule has 0 unspecified atom stereocenters. The lowest BCUT2D eigenvalue weighted by atomic mass is 10.0. The molecule has 0 aliphatic rings. The zero-order valence-corrected chi connectivity index (χ0v) is 11.8. The summed E-state index contributed by atoms with van der Waals surface area (Å²) in [5, 5.41) is 5.30. The first-order chi connectivity index (χ1) is 8.95. The van der Waals surface area contributed by atoms with Crippen molar-refractivity contribution >= 4 is 21.5 Å². The van der Waals surface area contributed by atoms with Crippen molar-refractivity contribution < 1.29 is 0 Å². The molecule has 0 amide bonds. The Morgan fingerprint density at radius 2 is 0.750 bits per heavy atom. The summed E-state index contributed by atoms with van der Waals surface area (Å²) in [4.78, 5) is 0. The SMILES string of the molecule is C.C.CC.CC.c1ccc2c(c1)ccc1ccccc12. The highest BCUT2D eigenvalue weighted by Crippen LogP contribution is 2.24. The molecule has 0 nitrogen and oxygen atoms in total. The fraction of sp³-hybridized carbons (Fsp3) is 0.300. The lowest BCUT2D eigenvalue weighted by Crippen LogP contribution is -1.75. The molecule has 0 aliphatic carbocycles. The predicted molar refractivity (Wildman–Crippen MR) is 97.6 cm³/mol. The zero-order valence-electron chi connectivity index (χ0n) is 11.8. The Bertz CT molecular complexity index is 539. The molecule has 0 fully saturated rings. The first kappa shape index (κ1) is 20.5. The molecule has 0 heterocycles. The van der Waals surface area contributed by atoms with Gasteiger partial charge < -0.3 is 0 Å². The Morgan fingerprint density at radius 1 is 0.450 bits per heavy atom. The van der Waals surface area contributed by atoms with Gasteiger partial charge in [-0.2, -0.15) is 0 Å². The van der Waals surface area contributed by atoms with E-state index in [0.717, 1.165) is 0 Å². The number of rotatable bonds is 0. The average Bonchev–Trinajstić information content (AvgIpc) is 2.51. The van der Waals surface area contributed by atoms with Crippen LogP contribution in [0.4, 0.5) is 0 Å². The van der Waals surface area contributed by atoms with E-state index in [2.05, 4.69) is 60.7 Å². The van der Waals surface area contributed by atoms with Gasteiger partial charge in [0, 0.05) is 0 Å². The molecule has 0 heteroatoms. The van der Waals surface area contributed by atoms with Crippen LogP contribution in [0.5, 0.6) is 0 Å². The lowest BCUT2D eigenvalue weighted by molar-refractivity contribution is 1.50. The van der Waals surface area contributed by atoms with Crippen LogP contribution in [0.15, 0.2) is 60.7 Å². The molecule has 0 saturated carbocycles. The summed E-state index contributed by atoms with van der Waals surface area (Å²) in [5.41, 5.74) is 0. The summed E-state index contributed by atoms with van der Waals surface area (Å²) in [7, 11) is 0. The fourth-order valence-electron chi connectivity index (χ4n) is 1.95. The van der Waals surface area contributed by atoms with E-state index >= 15 is 0 Å². The second kappa shape index (κ2) is 11.0. The molecule has 110 valence electrons. The molecule has 0 aromatic heterocycles. The largest absolute Gasteiger partial charge is 0.0776 e. The van der Waals surface area contributed by atoms with Gasteiger partial charge in [-0.15, -0.1) is 0 Å². The maximum atomic E-state index is 2.18. The molecule has 0 aliphatic heterocycles. The third kappa shape index (κ3) is 4.38. The van der Waals surface area contributed by atoms with Crippen LogP contribution in [-0.2, 0) is 0 Å². The van der Waals surface area contributed by atoms with Crippen LogP contribution in [0, 0.1) is 0 Å². The van der Waals surface area contributed by atoms with E-state index in [1.165, 1.54) is 21.5 Å². The quantitative estimate of drug-likeness (QED) is 0.375. The van der Waals surface area contributed by atoms with Crippen molar-refractivity contribution in [2.45, 2.75) is 42.5 Å². The van der Waals surface area contributed by atoms with Gasteiger partial charge in [-0.1, -0.05) is 103 Å². The standard InChI is InChI=1S/C14H10.2C2H6.2CH4/c1-3-7-13-11(5-1)9-10-12-6-2-4-8-14(12)13;2*1-2;;/h1-10H;2*1-2H3;2*1H4. The fourth-order valence-corrected chi connectivity index (χ4v) is 1.95. The van der Waals surface area contributed by atoms with Gasteiger partial charge in [-0.3, -0.25) is 0 Å². The van der Waals surface area contributed by atoms with Crippen LogP contribution in [0.25, 0.3) is 21.5 Å². The van der Waals surface area contributed by atoms with Gasteiger partial charge in [-0.25, -0.2) is 0 Å². The molecule has 0 atom stereocenters. The van der Waals surface area contributed by atoms with Gasteiger partial charge in [0.25, 0.3) is 0 Å². The van der Waals surface area contributed by atoms with Crippen LogP contribution in [0.1, 0.15) is 42.5 Å². The summed E-state index contributed by atoms with van der Waals surface area (Å²) in [5.74, 6) is 0. The smallest absolute Gasteiger partial charge is 0.0105 e. The Labute approximate surface area is 125 Å². The van der Waals surface area contributed by atoms with Gasteiger partial charge in [0.1, 0.15) is 0 Å². The second-order valence-electron chi connectivity index (χ2n) is 3.51. The number of fused-ring (bicyclic) bond motifs is 3. The highest BCUT2D eigenvalue weighted by atomic mass is 14.0. The van der Waals surface area contributed by atoms with Gasteiger partial charge >= 0.3 is 0 Å². The molecule has 0 radical (unpaired) electrons. The lowest BCUT2D eigenvalue weighted by Gasteiger charge is -2.02. The summed E-state index contributed by atoms with van der Waals surface area (Å²) < 4.78 is 0. The molecule has 20 heavy (non-hydrogen) atoms. The number of benzene rings is 3. The topological polar surface area (TPSA) is 0 Å². The Morgan fingerprint density at radius 3 is 1.10 bits per heavy atom. The monoisotopic (exact) mass is 270 g/mol. The van der Waals surface area contributed by atoms with Gasteiger partial charge in [0.2, 0.25) is 0 Å². The molecule has 3 rings (SSSR count). The van der Waals surface area contributed by atoms with Crippen molar-refractivity contribution in [3.05, 3.63) is 60.7 Å². The van der Waals surface area contributed by atoms with Crippen molar-refractivity contribution in [1.29, 1.82) is 0 Å².